The van der Waals surface area contributed by atoms with Crippen LogP contribution < -0.4 is 20.7 Å². The number of rotatable bonds is 17. The summed E-state index contributed by atoms with van der Waals surface area (Å²) < 4.78 is 44.2. The Balaban J connectivity index is 0.000000184. The van der Waals surface area contributed by atoms with Crippen LogP contribution in [0.2, 0.25) is 15.1 Å². The van der Waals surface area contributed by atoms with Gasteiger partial charge in [-0.05, 0) is 179 Å². The number of hydrogen-bond acceptors (Lipinski definition) is 14. The van der Waals surface area contributed by atoms with E-state index in [9.17, 15) is 56.3 Å². The zero-order valence-electron chi connectivity index (χ0n) is 52.9. The number of carbonyl (C=O) groups excluding carboxylic acids is 9. The van der Waals surface area contributed by atoms with Crippen molar-refractivity contribution in [3.05, 3.63) is 209 Å². The molecule has 94 heavy (non-hydrogen) atoms. The molecule has 10 rings (SSSR count). The average Bonchev–Trinajstić information content (AvgIpc) is 1.61. The summed E-state index contributed by atoms with van der Waals surface area (Å²) in [6, 6.07) is 23.1. The van der Waals surface area contributed by atoms with Crippen LogP contribution in [0, 0.1) is 73.1 Å². The van der Waals surface area contributed by atoms with Crippen molar-refractivity contribution in [2.75, 3.05) is 19.6 Å². The molecule has 3 fully saturated rings. The van der Waals surface area contributed by atoms with E-state index in [1.807, 2.05) is 65.8 Å². The van der Waals surface area contributed by atoms with Crippen LogP contribution >= 0.6 is 34.8 Å². The number of hydrogen-bond donors (Lipinski definition) is 3. The highest BCUT2D eigenvalue weighted by molar-refractivity contribution is 6.32. The quantitative estimate of drug-likeness (QED) is 0.0718. The fraction of sp³-hybridized carbons (Fsp3) is 0.338. The van der Waals surface area contributed by atoms with Gasteiger partial charge in [-0.2, -0.15) is 13.2 Å². The number of alkyl halides is 3. The molecule has 7 aromatic rings. The van der Waals surface area contributed by atoms with Crippen molar-refractivity contribution in [1.82, 2.24) is 35.9 Å². The van der Waals surface area contributed by atoms with Crippen molar-refractivity contribution >= 4 is 87.2 Å². The fourth-order valence-electron chi connectivity index (χ4n) is 12.6. The summed E-state index contributed by atoms with van der Waals surface area (Å²) in [5, 5.41) is 8.78. The van der Waals surface area contributed by atoms with E-state index < -0.39 is 35.4 Å². The van der Waals surface area contributed by atoms with Gasteiger partial charge < -0.3 is 20.7 Å². The molecule has 4 aromatic heterocycles. The van der Waals surface area contributed by atoms with Crippen molar-refractivity contribution in [3.63, 3.8) is 0 Å². The topological polar surface area (TPSA) is 251 Å². The Morgan fingerprint density at radius 1 is 0.479 bits per heavy atom. The molecule has 3 N–H and O–H groups in total. The van der Waals surface area contributed by atoms with Crippen LogP contribution in [-0.4, -0.2) is 92.0 Å². The predicted octanol–water partition coefficient (Wildman–Crippen LogP) is 13.1. The van der Waals surface area contributed by atoms with Gasteiger partial charge in [0, 0.05) is 91.5 Å². The van der Waals surface area contributed by atoms with Gasteiger partial charge >= 0.3 is 6.18 Å². The third kappa shape index (κ3) is 17.3. The first-order chi connectivity index (χ1) is 44.5. The van der Waals surface area contributed by atoms with Gasteiger partial charge in [0.2, 0.25) is 5.88 Å². The van der Waals surface area contributed by atoms with E-state index in [0.29, 0.717) is 65.3 Å². The Morgan fingerprint density at radius 2 is 0.840 bits per heavy atom. The summed E-state index contributed by atoms with van der Waals surface area (Å²) in [5.41, 5.74) is 9.33. The van der Waals surface area contributed by atoms with E-state index >= 15 is 0 Å². The highest BCUT2D eigenvalue weighted by atomic mass is 35.5. The smallest absolute Gasteiger partial charge is 0.417 e. The molecule has 3 aromatic carbocycles. The fourth-order valence-corrected chi connectivity index (χ4v) is 13.1. The zero-order valence-corrected chi connectivity index (χ0v) is 55.1. The molecule has 6 atom stereocenters. The summed E-state index contributed by atoms with van der Waals surface area (Å²) in [6.07, 6.45) is 2.17. The van der Waals surface area contributed by atoms with Gasteiger partial charge in [-0.25, -0.2) is 4.98 Å². The molecule has 4 unspecified atom stereocenters. The lowest BCUT2D eigenvalue weighted by Gasteiger charge is -2.18. The number of Topliss-reactive ketones (excluding diaryl/α,β-unsaturated/α-hetero) is 6. The van der Waals surface area contributed by atoms with E-state index in [-0.39, 0.29) is 124 Å². The lowest BCUT2D eigenvalue weighted by molar-refractivity contribution is -0.138. The van der Waals surface area contributed by atoms with E-state index in [2.05, 4.69) is 35.9 Å². The van der Waals surface area contributed by atoms with Crippen LogP contribution in [0.25, 0.3) is 0 Å². The van der Waals surface area contributed by atoms with Gasteiger partial charge in [-0.1, -0.05) is 76.3 Å². The molecule has 4 heterocycles. The minimum absolute atomic E-state index is 0.0344. The second kappa shape index (κ2) is 30.9. The van der Waals surface area contributed by atoms with Gasteiger partial charge in [-0.3, -0.25) is 58.1 Å². The number of amides is 3. The molecule has 0 aliphatic heterocycles. The Bertz CT molecular complexity index is 3900. The first kappa shape index (κ1) is 71.0. The van der Waals surface area contributed by atoms with E-state index in [4.69, 9.17) is 39.5 Å². The van der Waals surface area contributed by atoms with Crippen LogP contribution in [0.15, 0.2) is 110 Å². The molecular weight excluding hydrogens is 1270 g/mol. The number of aromatic nitrogens is 4. The number of ether oxygens (including phenoxy) is 1. The Morgan fingerprint density at radius 3 is 1.18 bits per heavy atom. The molecule has 17 nitrogen and oxygen atoms in total. The zero-order chi connectivity index (χ0) is 68.5. The number of halogens is 6. The van der Waals surface area contributed by atoms with Crippen molar-refractivity contribution in [2.45, 2.75) is 118 Å². The molecule has 0 spiro atoms. The molecule has 3 saturated carbocycles. The summed E-state index contributed by atoms with van der Waals surface area (Å²) in [7, 11) is 0. The average molecular weight is 1340 g/mol. The standard InChI is InChI=1S/C27H23ClF3N3O4.2C22H23ClN2O3/c1-14-9-18(38-26-19(28)12-17(13-34-26)27(29,30)31)10-15(2)22(14)23-21(35)11-16(24(23)36)6-8-33-25(37)20-5-3-4-7-32-20;2*1-12-8-13(2)19(14(3)9-12)20-18(26)10-15(21(20)27)4-6-25-22(28)17-11-16(23)5-7-24-17/h3-5,7,9-10,12-13,16,23H,6,8,11H2,1-2H3,(H,33,37);2*5,7-9,11,15,20H,4,6,10H2,1-3H3,(H,25,28)/t;2*15-,20?/m.10/s1. The van der Waals surface area contributed by atoms with Crippen LogP contribution in [0.5, 0.6) is 11.6 Å². The predicted molar refractivity (Wildman–Crippen MR) is 348 cm³/mol. The largest absolute Gasteiger partial charge is 0.438 e. The molecule has 3 amide bonds. The second-order valence-corrected chi connectivity index (χ2v) is 25.2. The number of benzene rings is 3. The number of ketones is 6. The van der Waals surface area contributed by atoms with E-state index in [0.717, 1.165) is 50.6 Å². The first-order valence-electron chi connectivity index (χ1n) is 30.4. The third-order valence-corrected chi connectivity index (χ3v) is 17.5. The lowest BCUT2D eigenvalue weighted by atomic mass is 9.86. The van der Waals surface area contributed by atoms with Crippen LogP contribution in [0.4, 0.5) is 13.2 Å². The number of carbonyl (C=O) groups is 9. The molecule has 490 valence electrons. The molecule has 0 bridgehead atoms. The van der Waals surface area contributed by atoms with Gasteiger partial charge in [-0.15, -0.1) is 0 Å². The van der Waals surface area contributed by atoms with Crippen molar-refractivity contribution in [1.29, 1.82) is 0 Å². The monoisotopic (exact) mass is 1340 g/mol. The van der Waals surface area contributed by atoms with E-state index in [1.165, 1.54) is 30.7 Å². The number of aryl methyl sites for hydroxylation is 8. The Hall–Kier alpha value is -8.85. The third-order valence-electron chi connectivity index (χ3n) is 16.8. The van der Waals surface area contributed by atoms with Crippen molar-refractivity contribution < 1.29 is 61.1 Å². The Labute approximate surface area is 556 Å². The van der Waals surface area contributed by atoms with Crippen LogP contribution in [-0.2, 0) is 34.9 Å². The van der Waals surface area contributed by atoms with Gasteiger partial charge in [0.25, 0.3) is 17.7 Å². The van der Waals surface area contributed by atoms with Gasteiger partial charge in [0.1, 0.15) is 63.0 Å². The molecule has 3 aliphatic carbocycles. The molecule has 0 saturated heterocycles. The number of pyridine rings is 4. The maximum absolute atomic E-state index is 13.2. The van der Waals surface area contributed by atoms with E-state index in [1.54, 1.807) is 56.3 Å². The number of nitrogens with zero attached hydrogens (tertiary/aromatic N) is 4. The minimum Gasteiger partial charge on any atom is -0.438 e. The second-order valence-electron chi connectivity index (χ2n) is 23.9. The van der Waals surface area contributed by atoms with Gasteiger partial charge in [0.15, 0.2) is 17.3 Å². The summed E-state index contributed by atoms with van der Waals surface area (Å²) in [5.74, 6) is -5.15. The maximum atomic E-state index is 13.2. The van der Waals surface area contributed by atoms with Gasteiger partial charge in [0.05, 0.1) is 5.56 Å². The first-order valence-corrected chi connectivity index (χ1v) is 31.5. The van der Waals surface area contributed by atoms with Crippen LogP contribution in [0.1, 0.15) is 155 Å². The minimum atomic E-state index is -4.59. The summed E-state index contributed by atoms with van der Waals surface area (Å²) in [4.78, 5) is 129. The molecular formula is C71H69Cl3F3N7O10. The SMILES string of the molecule is Cc1cc(C)c(C2C(=O)C[C@@H](CCNC(=O)c3cc(Cl)ccn3)C2=O)c(C)c1.Cc1cc(C)c(C2C(=O)C[C@H](CCNC(=O)c3cc(Cl)ccn3)C2=O)c(C)c1.Cc1cc(Oc2ncc(C(F)(F)F)cc2Cl)cc(C)c1C1C(=O)CC(CCNC(=O)c2ccccn2)C1=O. The lowest BCUT2D eigenvalue weighted by Crippen LogP contribution is -2.28. The highest BCUT2D eigenvalue weighted by Crippen LogP contribution is 2.42. The normalized spacial score (nSPS) is 18.5. The van der Waals surface area contributed by atoms with Crippen molar-refractivity contribution in [3.8, 4) is 11.6 Å². The highest BCUT2D eigenvalue weighted by Gasteiger charge is 2.45. The summed E-state index contributed by atoms with van der Waals surface area (Å²) in [6.45, 7) is 16.0. The maximum Gasteiger partial charge on any atom is 0.417 e. The Kier molecular flexibility index (Phi) is 23.4. The summed E-state index contributed by atoms with van der Waals surface area (Å²) >= 11 is 17.7. The molecule has 0 radical (unpaired) electrons. The molecule has 3 aliphatic rings. The van der Waals surface area contributed by atoms with Crippen molar-refractivity contribution in [2.24, 2.45) is 17.8 Å². The van der Waals surface area contributed by atoms with Crippen LogP contribution in [0.3, 0.4) is 0 Å². The number of nitrogens with one attached hydrogen (secondary N) is 3. The molecule has 23 heteroatoms.